The molecule has 2 N–H and O–H groups in total. The Morgan fingerprint density at radius 2 is 1.81 bits per heavy atom. The Balaban J connectivity index is 2.33. The predicted molar refractivity (Wildman–Crippen MR) is 100 cm³/mol. The highest BCUT2D eigenvalue weighted by molar-refractivity contribution is 5.83. The van der Waals surface area contributed by atoms with Crippen molar-refractivity contribution in [2.45, 2.75) is 13.8 Å². The third-order valence-electron chi connectivity index (χ3n) is 4.22. The first-order valence-corrected chi connectivity index (χ1v) is 7.94. The van der Waals surface area contributed by atoms with Crippen molar-refractivity contribution < 1.29 is 4.92 Å². The molecule has 0 saturated carbocycles. The van der Waals surface area contributed by atoms with Crippen LogP contribution in [0.2, 0.25) is 0 Å². The van der Waals surface area contributed by atoms with Crippen molar-refractivity contribution in [1.82, 2.24) is 4.98 Å². The lowest BCUT2D eigenvalue weighted by molar-refractivity contribution is -0.384. The molecule has 0 fully saturated rings. The summed E-state index contributed by atoms with van der Waals surface area (Å²) in [7, 11) is 0. The molecule has 6 nitrogen and oxygen atoms in total. The predicted octanol–water partition coefficient (Wildman–Crippen LogP) is 4.39. The smallest absolute Gasteiger partial charge is 0.278 e. The van der Waals surface area contributed by atoms with Gasteiger partial charge < -0.3 is 5.73 Å². The maximum atomic E-state index is 11.4. The molecular formula is C20H16N4O2. The molecule has 3 rings (SSSR count). The number of nitro benzene ring substituents is 1. The average molecular weight is 344 g/mol. The van der Waals surface area contributed by atoms with Gasteiger partial charge in [-0.3, -0.25) is 10.1 Å². The Bertz CT molecular complexity index is 1070. The minimum Gasteiger partial charge on any atom is -0.383 e. The van der Waals surface area contributed by atoms with Gasteiger partial charge in [0.1, 0.15) is 17.5 Å². The van der Waals surface area contributed by atoms with Gasteiger partial charge in [-0.2, -0.15) is 5.26 Å². The third kappa shape index (κ3) is 2.98. The van der Waals surface area contributed by atoms with E-state index >= 15 is 0 Å². The molecule has 26 heavy (non-hydrogen) atoms. The number of pyridine rings is 1. The average Bonchev–Trinajstić information content (AvgIpc) is 2.63. The second-order valence-corrected chi connectivity index (χ2v) is 6.02. The number of nitrogen functional groups attached to an aromatic ring is 1. The van der Waals surface area contributed by atoms with Crippen LogP contribution in [0.25, 0.3) is 22.4 Å². The molecule has 0 radical (unpaired) electrons. The first-order valence-electron chi connectivity index (χ1n) is 7.94. The van der Waals surface area contributed by atoms with Gasteiger partial charge in [0.15, 0.2) is 0 Å². The van der Waals surface area contributed by atoms with E-state index in [9.17, 15) is 15.4 Å². The van der Waals surface area contributed by atoms with Crippen LogP contribution in [-0.2, 0) is 0 Å². The van der Waals surface area contributed by atoms with E-state index in [2.05, 4.69) is 11.1 Å². The molecule has 0 atom stereocenters. The van der Waals surface area contributed by atoms with Crippen molar-refractivity contribution in [1.29, 1.82) is 5.26 Å². The zero-order chi connectivity index (χ0) is 18.8. The summed E-state index contributed by atoms with van der Waals surface area (Å²) in [4.78, 5) is 15.1. The standard InChI is InChI=1S/C20H16N4O2/c1-12-7-8-13(2)15(9-12)16-10-18(23-20(22)17(16)11-21)14-5-3-4-6-19(14)24(25)26/h3-10H,1-2H3,(H2,22,23). The number of nitro groups is 1. The van der Waals surface area contributed by atoms with Crippen LogP contribution < -0.4 is 5.73 Å². The van der Waals surface area contributed by atoms with Gasteiger partial charge in [-0.1, -0.05) is 35.9 Å². The zero-order valence-electron chi connectivity index (χ0n) is 14.4. The Morgan fingerprint density at radius 1 is 1.08 bits per heavy atom. The van der Waals surface area contributed by atoms with Crippen LogP contribution >= 0.6 is 0 Å². The molecule has 1 aromatic heterocycles. The molecule has 3 aromatic rings. The summed E-state index contributed by atoms with van der Waals surface area (Å²) < 4.78 is 0. The highest BCUT2D eigenvalue weighted by Gasteiger charge is 2.20. The van der Waals surface area contributed by atoms with Gasteiger partial charge in [-0.25, -0.2) is 4.98 Å². The number of nitriles is 1. The zero-order valence-corrected chi connectivity index (χ0v) is 14.4. The summed E-state index contributed by atoms with van der Waals surface area (Å²) in [5.41, 5.74) is 10.4. The third-order valence-corrected chi connectivity index (χ3v) is 4.22. The Morgan fingerprint density at radius 3 is 2.50 bits per heavy atom. The molecule has 0 aliphatic rings. The number of nitrogens with zero attached hydrogens (tertiary/aromatic N) is 3. The fourth-order valence-electron chi connectivity index (χ4n) is 2.91. The number of rotatable bonds is 3. The Labute approximate surface area is 150 Å². The second kappa shape index (κ2) is 6.65. The first-order chi connectivity index (χ1) is 12.4. The van der Waals surface area contributed by atoms with E-state index < -0.39 is 4.92 Å². The SMILES string of the molecule is Cc1ccc(C)c(-c2cc(-c3ccccc3[N+](=O)[O-])nc(N)c2C#N)c1. The van der Waals surface area contributed by atoms with Crippen LogP contribution in [0.4, 0.5) is 11.5 Å². The molecule has 0 bridgehead atoms. The van der Waals surface area contributed by atoms with Gasteiger partial charge >= 0.3 is 0 Å². The van der Waals surface area contributed by atoms with Gasteiger partial charge in [0.05, 0.1) is 16.2 Å². The van der Waals surface area contributed by atoms with Gasteiger partial charge in [0.2, 0.25) is 0 Å². The van der Waals surface area contributed by atoms with Crippen LogP contribution in [0.15, 0.2) is 48.5 Å². The highest BCUT2D eigenvalue weighted by Crippen LogP contribution is 2.36. The molecule has 6 heteroatoms. The normalized spacial score (nSPS) is 10.3. The van der Waals surface area contributed by atoms with Crippen molar-refractivity contribution in [3.63, 3.8) is 0 Å². The number of para-hydroxylation sites is 1. The summed E-state index contributed by atoms with van der Waals surface area (Å²) >= 11 is 0. The summed E-state index contributed by atoms with van der Waals surface area (Å²) in [6.45, 7) is 3.90. The maximum Gasteiger partial charge on any atom is 0.278 e. The van der Waals surface area contributed by atoms with E-state index in [0.717, 1.165) is 16.7 Å². The molecule has 0 amide bonds. The summed E-state index contributed by atoms with van der Waals surface area (Å²) in [6, 6.07) is 16.1. The van der Waals surface area contributed by atoms with Crippen LogP contribution in [0, 0.1) is 35.3 Å². The van der Waals surface area contributed by atoms with Crippen molar-refractivity contribution in [3.8, 4) is 28.5 Å². The van der Waals surface area contributed by atoms with Crippen LogP contribution in [0.5, 0.6) is 0 Å². The van der Waals surface area contributed by atoms with E-state index in [0.29, 0.717) is 16.8 Å². The highest BCUT2D eigenvalue weighted by atomic mass is 16.6. The van der Waals surface area contributed by atoms with Crippen molar-refractivity contribution in [2.24, 2.45) is 0 Å². The molecule has 0 aliphatic carbocycles. The number of hydrogen-bond donors (Lipinski definition) is 1. The molecule has 0 aliphatic heterocycles. The fourth-order valence-corrected chi connectivity index (χ4v) is 2.91. The number of anilines is 1. The van der Waals surface area contributed by atoms with E-state index in [1.54, 1.807) is 24.3 Å². The van der Waals surface area contributed by atoms with Gasteiger partial charge in [-0.15, -0.1) is 0 Å². The number of benzene rings is 2. The van der Waals surface area contributed by atoms with E-state index in [1.807, 2.05) is 32.0 Å². The quantitative estimate of drug-likeness (QED) is 0.560. The Kier molecular flexibility index (Phi) is 4.38. The number of aromatic nitrogens is 1. The molecule has 1 heterocycles. The molecule has 0 saturated heterocycles. The molecule has 2 aromatic carbocycles. The van der Waals surface area contributed by atoms with Crippen LogP contribution in [0.3, 0.4) is 0 Å². The Hall–Kier alpha value is -3.72. The lowest BCUT2D eigenvalue weighted by Gasteiger charge is -2.13. The second-order valence-electron chi connectivity index (χ2n) is 6.02. The van der Waals surface area contributed by atoms with E-state index in [-0.39, 0.29) is 17.1 Å². The van der Waals surface area contributed by atoms with Gasteiger partial charge in [0, 0.05) is 11.6 Å². The molecular weight excluding hydrogens is 328 g/mol. The monoisotopic (exact) mass is 344 g/mol. The minimum atomic E-state index is -0.455. The van der Waals surface area contributed by atoms with Crippen molar-refractivity contribution >= 4 is 11.5 Å². The van der Waals surface area contributed by atoms with Gasteiger partial charge in [0.25, 0.3) is 5.69 Å². The maximum absolute atomic E-state index is 11.4. The summed E-state index contributed by atoms with van der Waals surface area (Å²) in [5, 5.41) is 20.9. The number of nitrogens with two attached hydrogens (primary N) is 1. The van der Waals surface area contributed by atoms with Crippen molar-refractivity contribution in [3.05, 3.63) is 75.3 Å². The topological polar surface area (TPSA) is 106 Å². The lowest BCUT2D eigenvalue weighted by atomic mass is 9.93. The largest absolute Gasteiger partial charge is 0.383 e. The summed E-state index contributed by atoms with van der Waals surface area (Å²) in [6.07, 6.45) is 0. The van der Waals surface area contributed by atoms with E-state index in [1.165, 1.54) is 6.07 Å². The van der Waals surface area contributed by atoms with Gasteiger partial charge in [-0.05, 0) is 37.1 Å². The molecule has 128 valence electrons. The minimum absolute atomic E-state index is 0.0547. The van der Waals surface area contributed by atoms with E-state index in [4.69, 9.17) is 5.73 Å². The van der Waals surface area contributed by atoms with Crippen LogP contribution in [-0.4, -0.2) is 9.91 Å². The van der Waals surface area contributed by atoms with Crippen LogP contribution in [0.1, 0.15) is 16.7 Å². The van der Waals surface area contributed by atoms with Crippen molar-refractivity contribution in [2.75, 3.05) is 5.73 Å². The number of hydrogen-bond acceptors (Lipinski definition) is 5. The molecule has 0 spiro atoms. The fraction of sp³-hybridized carbons (Fsp3) is 0.100. The molecule has 0 unspecified atom stereocenters. The summed E-state index contributed by atoms with van der Waals surface area (Å²) in [5.74, 6) is 0.0547. The number of aryl methyl sites for hydroxylation is 2. The lowest BCUT2D eigenvalue weighted by Crippen LogP contribution is -2.02. The first kappa shape index (κ1) is 17.1.